The number of thiazole rings is 1. The Kier molecular flexibility index (Phi) is 6.77. The number of amides is 2. The molecule has 1 aliphatic heterocycles. The number of para-hydroxylation sites is 2. The van der Waals surface area contributed by atoms with Crippen LogP contribution in [0.4, 0.5) is 5.69 Å². The minimum Gasteiger partial charge on any atom is -0.361 e. The van der Waals surface area contributed by atoms with Gasteiger partial charge in [0.15, 0.2) is 0 Å². The highest BCUT2D eigenvalue weighted by atomic mass is 32.1. The molecule has 9 nitrogen and oxygen atoms in total. The van der Waals surface area contributed by atoms with Crippen LogP contribution in [0.15, 0.2) is 60.1 Å². The molecule has 5 rings (SSSR count). The van der Waals surface area contributed by atoms with Crippen molar-refractivity contribution in [3.05, 3.63) is 92.1 Å². The second kappa shape index (κ2) is 10.3. The van der Waals surface area contributed by atoms with Gasteiger partial charge in [0.1, 0.15) is 5.69 Å². The van der Waals surface area contributed by atoms with Gasteiger partial charge in [-0.2, -0.15) is 0 Å². The highest BCUT2D eigenvalue weighted by Crippen LogP contribution is 2.31. The number of nitrogens with one attached hydrogen (secondary N) is 2. The highest BCUT2D eigenvalue weighted by molar-refractivity contribution is 7.09. The Morgan fingerprint density at radius 2 is 1.86 bits per heavy atom. The number of piperidine rings is 1. The molecule has 1 aliphatic rings. The van der Waals surface area contributed by atoms with E-state index in [0.717, 1.165) is 34.3 Å². The molecule has 0 aliphatic carbocycles. The average Bonchev–Trinajstić information content (AvgIpc) is 3.56. The summed E-state index contributed by atoms with van der Waals surface area (Å²) in [6, 6.07) is 14.3. The number of rotatable bonds is 7. The number of carbonyl (C=O) groups is 2. The summed E-state index contributed by atoms with van der Waals surface area (Å²) in [5, 5.41) is 17.6. The number of aromatic nitrogens is 2. The van der Waals surface area contributed by atoms with Crippen molar-refractivity contribution in [3.8, 4) is 0 Å². The van der Waals surface area contributed by atoms with Gasteiger partial charge in [0.05, 0.1) is 16.4 Å². The first kappa shape index (κ1) is 23.7. The maximum Gasteiger partial charge on any atom is 0.274 e. The number of aromatic amines is 1. The minimum absolute atomic E-state index is 0.0252. The maximum absolute atomic E-state index is 12.9. The summed E-state index contributed by atoms with van der Waals surface area (Å²) in [6.07, 6.45) is 3.87. The third-order valence-corrected chi connectivity index (χ3v) is 7.60. The SMILES string of the molecule is O=C(NCc1ccccc1[N+](=O)[O-])c1csc(C2CCN(C(=O)Cc3c[nH]c4ccccc34)CC2)n1. The van der Waals surface area contributed by atoms with E-state index in [1.807, 2.05) is 35.4 Å². The molecule has 2 N–H and O–H groups in total. The number of carbonyl (C=O) groups excluding carboxylic acids is 2. The number of nitro groups is 1. The molecule has 0 spiro atoms. The van der Waals surface area contributed by atoms with Gasteiger partial charge in [-0.05, 0) is 24.5 Å². The number of nitrogens with zero attached hydrogens (tertiary/aromatic N) is 3. The highest BCUT2D eigenvalue weighted by Gasteiger charge is 2.27. The zero-order valence-corrected chi connectivity index (χ0v) is 20.3. The summed E-state index contributed by atoms with van der Waals surface area (Å²) in [4.78, 5) is 45.9. The average molecular weight is 504 g/mol. The van der Waals surface area contributed by atoms with Gasteiger partial charge in [0.2, 0.25) is 5.91 Å². The summed E-state index contributed by atoms with van der Waals surface area (Å²) < 4.78 is 0. The van der Waals surface area contributed by atoms with Gasteiger partial charge < -0.3 is 15.2 Å². The largest absolute Gasteiger partial charge is 0.361 e. The number of nitro benzene ring substituents is 1. The predicted molar refractivity (Wildman–Crippen MR) is 137 cm³/mol. The van der Waals surface area contributed by atoms with Crippen molar-refractivity contribution < 1.29 is 14.5 Å². The van der Waals surface area contributed by atoms with E-state index in [9.17, 15) is 19.7 Å². The van der Waals surface area contributed by atoms with Crippen molar-refractivity contribution in [1.29, 1.82) is 0 Å². The second-order valence-electron chi connectivity index (χ2n) is 8.83. The molecule has 1 fully saturated rings. The Labute approximate surface area is 211 Å². The maximum atomic E-state index is 12.9. The number of fused-ring (bicyclic) bond motifs is 1. The molecule has 36 heavy (non-hydrogen) atoms. The van der Waals surface area contributed by atoms with Crippen LogP contribution in [0, 0.1) is 10.1 Å². The normalized spacial score (nSPS) is 14.2. The summed E-state index contributed by atoms with van der Waals surface area (Å²) in [6.45, 7) is 1.37. The predicted octanol–water partition coefficient (Wildman–Crippen LogP) is 4.41. The molecule has 0 saturated carbocycles. The van der Waals surface area contributed by atoms with Crippen molar-refractivity contribution in [1.82, 2.24) is 20.2 Å². The van der Waals surface area contributed by atoms with Crippen molar-refractivity contribution >= 4 is 39.7 Å². The van der Waals surface area contributed by atoms with Crippen molar-refractivity contribution in [2.24, 2.45) is 0 Å². The summed E-state index contributed by atoms with van der Waals surface area (Å²) >= 11 is 1.44. The van der Waals surface area contributed by atoms with Gasteiger partial charge in [-0.25, -0.2) is 4.98 Å². The summed E-state index contributed by atoms with van der Waals surface area (Å²) in [5.41, 5.74) is 2.77. The number of hydrogen-bond donors (Lipinski definition) is 2. The van der Waals surface area contributed by atoms with Gasteiger partial charge in [0.25, 0.3) is 11.6 Å². The van der Waals surface area contributed by atoms with Crippen LogP contribution in [0.2, 0.25) is 0 Å². The first-order valence-corrected chi connectivity index (χ1v) is 12.7. The van der Waals surface area contributed by atoms with Crippen LogP contribution in [-0.4, -0.2) is 44.7 Å². The standard InChI is InChI=1S/C26H25N5O4S/c32-24(13-19-15-27-21-7-3-2-6-20(19)21)30-11-9-17(10-12-30)26-29-22(16-36-26)25(33)28-14-18-5-1-4-8-23(18)31(34)35/h1-8,15-17,27H,9-14H2,(H,28,33). The van der Waals surface area contributed by atoms with E-state index < -0.39 is 4.92 Å². The molecule has 0 unspecified atom stereocenters. The number of H-pyrrole nitrogens is 1. The Balaban J connectivity index is 1.14. The molecule has 0 radical (unpaired) electrons. The molecule has 2 aromatic heterocycles. The molecular weight excluding hydrogens is 478 g/mol. The van der Waals surface area contributed by atoms with Crippen LogP contribution in [0.5, 0.6) is 0 Å². The van der Waals surface area contributed by atoms with Gasteiger partial charge in [-0.3, -0.25) is 19.7 Å². The van der Waals surface area contributed by atoms with Crippen molar-refractivity contribution in [2.75, 3.05) is 13.1 Å². The van der Waals surface area contributed by atoms with E-state index in [0.29, 0.717) is 30.8 Å². The number of benzene rings is 2. The van der Waals surface area contributed by atoms with Crippen LogP contribution in [0.3, 0.4) is 0 Å². The van der Waals surface area contributed by atoms with Gasteiger partial charge >= 0.3 is 0 Å². The Bertz CT molecular complexity index is 1420. The van der Waals surface area contributed by atoms with Crippen LogP contribution >= 0.6 is 11.3 Å². The number of hydrogen-bond acceptors (Lipinski definition) is 6. The quantitative estimate of drug-likeness (QED) is 0.286. The lowest BCUT2D eigenvalue weighted by Gasteiger charge is -2.31. The molecule has 2 aromatic carbocycles. The fraction of sp³-hybridized carbons (Fsp3) is 0.269. The molecule has 0 bridgehead atoms. The zero-order valence-electron chi connectivity index (χ0n) is 19.5. The van der Waals surface area contributed by atoms with Gasteiger partial charge in [-0.15, -0.1) is 11.3 Å². The lowest BCUT2D eigenvalue weighted by Crippen LogP contribution is -2.38. The zero-order chi connectivity index (χ0) is 25.1. The first-order valence-electron chi connectivity index (χ1n) is 11.8. The van der Waals surface area contributed by atoms with E-state index in [2.05, 4.69) is 15.3 Å². The molecule has 4 aromatic rings. The van der Waals surface area contributed by atoms with E-state index in [4.69, 9.17) is 0 Å². The Morgan fingerprint density at radius 1 is 1.11 bits per heavy atom. The fourth-order valence-corrected chi connectivity index (χ4v) is 5.58. The molecule has 1 saturated heterocycles. The Morgan fingerprint density at radius 3 is 2.67 bits per heavy atom. The molecule has 3 heterocycles. The number of likely N-dealkylation sites (tertiary alicyclic amines) is 1. The molecular formula is C26H25N5O4S. The van der Waals surface area contributed by atoms with E-state index in [1.165, 1.54) is 17.4 Å². The van der Waals surface area contributed by atoms with Gasteiger partial charge in [-0.1, -0.05) is 36.4 Å². The molecule has 10 heteroatoms. The van der Waals surface area contributed by atoms with Crippen LogP contribution in [-0.2, 0) is 17.8 Å². The topological polar surface area (TPSA) is 121 Å². The first-order chi connectivity index (χ1) is 17.5. The monoisotopic (exact) mass is 503 g/mol. The molecule has 184 valence electrons. The van der Waals surface area contributed by atoms with E-state index in [1.54, 1.807) is 23.6 Å². The van der Waals surface area contributed by atoms with Crippen molar-refractivity contribution in [2.45, 2.75) is 31.7 Å². The summed E-state index contributed by atoms with van der Waals surface area (Å²) in [7, 11) is 0. The third-order valence-electron chi connectivity index (χ3n) is 6.60. The van der Waals surface area contributed by atoms with E-state index in [-0.39, 0.29) is 30.0 Å². The summed E-state index contributed by atoms with van der Waals surface area (Å²) in [5.74, 6) is -0.0432. The molecule has 0 atom stereocenters. The smallest absolute Gasteiger partial charge is 0.274 e. The third kappa shape index (κ3) is 4.99. The lowest BCUT2D eigenvalue weighted by molar-refractivity contribution is -0.385. The Hall–Kier alpha value is -4.05. The van der Waals surface area contributed by atoms with Crippen LogP contribution < -0.4 is 5.32 Å². The van der Waals surface area contributed by atoms with Crippen molar-refractivity contribution in [3.63, 3.8) is 0 Å². The lowest BCUT2D eigenvalue weighted by atomic mass is 9.97. The minimum atomic E-state index is -0.458. The van der Waals surface area contributed by atoms with Gasteiger partial charge in [0, 0.05) is 59.7 Å². The van der Waals surface area contributed by atoms with Crippen LogP contribution in [0.1, 0.15) is 45.4 Å². The fourth-order valence-electron chi connectivity index (χ4n) is 4.61. The second-order valence-corrected chi connectivity index (χ2v) is 9.72. The van der Waals surface area contributed by atoms with E-state index >= 15 is 0 Å². The molecule has 2 amide bonds. The van der Waals surface area contributed by atoms with Crippen LogP contribution in [0.25, 0.3) is 10.9 Å².